The van der Waals surface area contributed by atoms with Crippen molar-refractivity contribution in [3.05, 3.63) is 65.9 Å². The van der Waals surface area contributed by atoms with Crippen LogP contribution in [0, 0.1) is 11.7 Å². The van der Waals surface area contributed by atoms with Gasteiger partial charge >= 0.3 is 0 Å². The van der Waals surface area contributed by atoms with Crippen molar-refractivity contribution in [2.24, 2.45) is 5.92 Å². The van der Waals surface area contributed by atoms with Gasteiger partial charge in [-0.3, -0.25) is 9.78 Å². The SMILES string of the molecule is O=C(c1cc2ccc(F)cc2[nH]1)N1CCC[C@H](Cc2cccnc2)C1. The molecule has 4 nitrogen and oxygen atoms in total. The molecule has 1 aromatic carbocycles. The van der Waals surface area contributed by atoms with Crippen molar-refractivity contribution < 1.29 is 9.18 Å². The summed E-state index contributed by atoms with van der Waals surface area (Å²) in [7, 11) is 0. The fourth-order valence-electron chi connectivity index (χ4n) is 3.65. The third kappa shape index (κ3) is 3.40. The highest BCUT2D eigenvalue weighted by atomic mass is 19.1. The zero-order valence-electron chi connectivity index (χ0n) is 13.9. The second-order valence-corrected chi connectivity index (χ2v) is 6.74. The molecule has 1 aliphatic heterocycles. The lowest BCUT2D eigenvalue weighted by Gasteiger charge is -2.32. The van der Waals surface area contributed by atoms with Crippen LogP contribution >= 0.6 is 0 Å². The highest BCUT2D eigenvalue weighted by molar-refractivity contribution is 5.98. The summed E-state index contributed by atoms with van der Waals surface area (Å²) in [5.74, 6) is 0.138. The Labute approximate surface area is 145 Å². The van der Waals surface area contributed by atoms with Crippen molar-refractivity contribution in [2.75, 3.05) is 13.1 Å². The first-order valence-corrected chi connectivity index (χ1v) is 8.65. The molecule has 1 N–H and O–H groups in total. The number of hydrogen-bond donors (Lipinski definition) is 1. The molecule has 0 unspecified atom stereocenters. The van der Waals surface area contributed by atoms with E-state index >= 15 is 0 Å². The van der Waals surface area contributed by atoms with Gasteiger partial charge in [-0.05, 0) is 61.1 Å². The zero-order chi connectivity index (χ0) is 17.2. The van der Waals surface area contributed by atoms with Gasteiger partial charge in [-0.1, -0.05) is 6.07 Å². The third-order valence-corrected chi connectivity index (χ3v) is 4.87. The van der Waals surface area contributed by atoms with Crippen LogP contribution in [0.4, 0.5) is 4.39 Å². The van der Waals surface area contributed by atoms with Gasteiger partial charge in [0.15, 0.2) is 0 Å². The molecule has 5 heteroatoms. The molecule has 1 atom stereocenters. The predicted octanol–water partition coefficient (Wildman–Crippen LogP) is 3.80. The predicted molar refractivity (Wildman–Crippen MR) is 94.8 cm³/mol. The first-order valence-electron chi connectivity index (χ1n) is 8.65. The van der Waals surface area contributed by atoms with Crippen LogP contribution in [-0.2, 0) is 6.42 Å². The first-order chi connectivity index (χ1) is 12.2. The van der Waals surface area contributed by atoms with Gasteiger partial charge in [0.05, 0.1) is 0 Å². The highest BCUT2D eigenvalue weighted by Gasteiger charge is 2.25. The Morgan fingerprint density at radius 1 is 1.32 bits per heavy atom. The van der Waals surface area contributed by atoms with E-state index in [0.29, 0.717) is 17.1 Å². The fourth-order valence-corrected chi connectivity index (χ4v) is 3.65. The maximum absolute atomic E-state index is 13.3. The van der Waals surface area contributed by atoms with Gasteiger partial charge in [0.25, 0.3) is 5.91 Å². The fraction of sp³-hybridized carbons (Fsp3) is 0.300. The van der Waals surface area contributed by atoms with Gasteiger partial charge < -0.3 is 9.88 Å². The Balaban J connectivity index is 1.49. The molecule has 25 heavy (non-hydrogen) atoms. The number of halogens is 1. The van der Waals surface area contributed by atoms with E-state index in [4.69, 9.17) is 0 Å². The van der Waals surface area contributed by atoms with E-state index in [0.717, 1.165) is 37.7 Å². The number of hydrogen-bond acceptors (Lipinski definition) is 2. The molecule has 3 heterocycles. The lowest BCUT2D eigenvalue weighted by molar-refractivity contribution is 0.0668. The zero-order valence-corrected chi connectivity index (χ0v) is 13.9. The number of likely N-dealkylation sites (tertiary alicyclic amines) is 1. The number of piperidine rings is 1. The Hall–Kier alpha value is -2.69. The van der Waals surface area contributed by atoms with E-state index < -0.39 is 0 Å². The number of fused-ring (bicyclic) bond motifs is 1. The van der Waals surface area contributed by atoms with Crippen LogP contribution in [0.3, 0.4) is 0 Å². The molecule has 1 fully saturated rings. The van der Waals surface area contributed by atoms with Crippen molar-refractivity contribution in [1.29, 1.82) is 0 Å². The van der Waals surface area contributed by atoms with Crippen LogP contribution in [0.15, 0.2) is 48.8 Å². The number of H-pyrrole nitrogens is 1. The maximum Gasteiger partial charge on any atom is 0.270 e. The molecule has 0 aliphatic carbocycles. The summed E-state index contributed by atoms with van der Waals surface area (Å²) in [6.07, 6.45) is 6.74. The van der Waals surface area contributed by atoms with E-state index in [2.05, 4.69) is 16.0 Å². The van der Waals surface area contributed by atoms with Gasteiger partial charge in [0.2, 0.25) is 0 Å². The molecule has 1 aliphatic rings. The molecular formula is C20H20FN3O. The molecular weight excluding hydrogens is 317 g/mol. The minimum atomic E-state index is -0.303. The Morgan fingerprint density at radius 2 is 2.24 bits per heavy atom. The number of benzene rings is 1. The first kappa shape index (κ1) is 15.8. The van der Waals surface area contributed by atoms with Crippen LogP contribution in [0.5, 0.6) is 0 Å². The Morgan fingerprint density at radius 3 is 3.08 bits per heavy atom. The van der Waals surface area contributed by atoms with Crippen molar-refractivity contribution in [3.63, 3.8) is 0 Å². The number of amides is 1. The molecule has 0 bridgehead atoms. The number of carbonyl (C=O) groups is 1. The number of aromatic nitrogens is 2. The van der Waals surface area contributed by atoms with E-state index in [1.54, 1.807) is 12.3 Å². The van der Waals surface area contributed by atoms with Crippen LogP contribution in [0.2, 0.25) is 0 Å². The van der Waals surface area contributed by atoms with Crippen molar-refractivity contribution >= 4 is 16.8 Å². The highest BCUT2D eigenvalue weighted by Crippen LogP contribution is 2.23. The molecule has 3 aromatic rings. The number of aromatic amines is 1. The molecule has 0 radical (unpaired) electrons. The smallest absolute Gasteiger partial charge is 0.270 e. The van der Waals surface area contributed by atoms with Gasteiger partial charge in [-0.15, -0.1) is 0 Å². The average molecular weight is 337 g/mol. The second-order valence-electron chi connectivity index (χ2n) is 6.74. The molecule has 128 valence electrons. The summed E-state index contributed by atoms with van der Waals surface area (Å²) >= 11 is 0. The number of carbonyl (C=O) groups excluding carboxylic acids is 1. The van der Waals surface area contributed by atoms with Crippen molar-refractivity contribution in [1.82, 2.24) is 14.9 Å². The number of rotatable bonds is 3. The summed E-state index contributed by atoms with van der Waals surface area (Å²) in [6.45, 7) is 1.52. The summed E-state index contributed by atoms with van der Waals surface area (Å²) in [5.41, 5.74) is 2.40. The van der Waals surface area contributed by atoms with E-state index in [1.807, 2.05) is 23.2 Å². The second kappa shape index (κ2) is 6.67. The minimum absolute atomic E-state index is 0.00695. The molecule has 1 amide bonds. The van der Waals surface area contributed by atoms with Gasteiger partial charge in [-0.2, -0.15) is 0 Å². The van der Waals surface area contributed by atoms with Crippen molar-refractivity contribution in [3.8, 4) is 0 Å². The lowest BCUT2D eigenvalue weighted by atomic mass is 9.92. The van der Waals surface area contributed by atoms with E-state index in [9.17, 15) is 9.18 Å². The average Bonchev–Trinajstić information content (AvgIpc) is 3.05. The molecule has 0 spiro atoms. The Bertz CT molecular complexity index is 890. The Kier molecular flexibility index (Phi) is 4.22. The summed E-state index contributed by atoms with van der Waals surface area (Å²) in [4.78, 5) is 22.0. The summed E-state index contributed by atoms with van der Waals surface area (Å²) in [5, 5.41) is 0.855. The summed E-state index contributed by atoms with van der Waals surface area (Å²) in [6, 6.07) is 10.4. The molecule has 0 saturated carbocycles. The molecule has 4 rings (SSSR count). The monoisotopic (exact) mass is 337 g/mol. The van der Waals surface area contributed by atoms with Gasteiger partial charge in [-0.25, -0.2) is 4.39 Å². The number of pyridine rings is 1. The van der Waals surface area contributed by atoms with Crippen molar-refractivity contribution in [2.45, 2.75) is 19.3 Å². The number of nitrogens with one attached hydrogen (secondary N) is 1. The van der Waals surface area contributed by atoms with Gasteiger partial charge in [0.1, 0.15) is 11.5 Å². The minimum Gasteiger partial charge on any atom is -0.350 e. The maximum atomic E-state index is 13.3. The molecule has 2 aromatic heterocycles. The number of nitrogens with zero attached hydrogens (tertiary/aromatic N) is 2. The quantitative estimate of drug-likeness (QED) is 0.790. The van der Waals surface area contributed by atoms with Crippen LogP contribution < -0.4 is 0 Å². The topological polar surface area (TPSA) is 49.0 Å². The lowest BCUT2D eigenvalue weighted by Crippen LogP contribution is -2.40. The van der Waals surface area contributed by atoms with Crippen LogP contribution in [0.1, 0.15) is 28.9 Å². The van der Waals surface area contributed by atoms with E-state index in [-0.39, 0.29) is 11.7 Å². The van der Waals surface area contributed by atoms with Crippen LogP contribution in [-0.4, -0.2) is 33.9 Å². The largest absolute Gasteiger partial charge is 0.350 e. The molecule has 1 saturated heterocycles. The van der Waals surface area contributed by atoms with Crippen LogP contribution in [0.25, 0.3) is 10.9 Å². The third-order valence-electron chi connectivity index (χ3n) is 4.87. The summed E-state index contributed by atoms with van der Waals surface area (Å²) < 4.78 is 13.3. The van der Waals surface area contributed by atoms with E-state index in [1.165, 1.54) is 17.7 Å². The normalized spacial score (nSPS) is 17.8. The van der Waals surface area contributed by atoms with Gasteiger partial charge in [0, 0.05) is 36.4 Å². The standard InChI is InChI=1S/C20H20FN3O/c21-17-6-5-16-10-19(23-18(16)11-17)20(25)24-8-2-4-15(13-24)9-14-3-1-7-22-12-14/h1,3,5-7,10-12,15,23H,2,4,8-9,13H2/t15-/m1/s1.